The van der Waals surface area contributed by atoms with Crippen LogP contribution in [-0.2, 0) is 4.79 Å². The number of rotatable bonds is 2. The number of Topliss-reactive ketones (excluding diaryl/α,β-unsaturated/α-hetero) is 2. The van der Waals surface area contributed by atoms with E-state index >= 15 is 0 Å². The largest absolute Gasteiger partial charge is 0.371 e. The lowest BCUT2D eigenvalue weighted by molar-refractivity contribution is -0.121. The maximum absolute atomic E-state index is 12.6. The molecule has 0 bridgehead atoms. The van der Waals surface area contributed by atoms with E-state index in [4.69, 9.17) is 11.6 Å². The summed E-state index contributed by atoms with van der Waals surface area (Å²) < 4.78 is 0. The predicted molar refractivity (Wildman–Crippen MR) is 70.2 cm³/mol. The van der Waals surface area contributed by atoms with E-state index in [0.29, 0.717) is 12.0 Å². The first-order valence-electron chi connectivity index (χ1n) is 6.20. The molecule has 2 aliphatic rings. The normalized spacial score (nSPS) is 29.4. The average Bonchev–Trinajstić information content (AvgIpc) is 2.93. The molecule has 94 valence electrons. The first kappa shape index (κ1) is 11.7. The van der Waals surface area contributed by atoms with E-state index in [-0.39, 0.29) is 23.4 Å². The second-order valence-corrected chi connectivity index (χ2v) is 5.28. The number of hydrogen-bond acceptors (Lipinski definition) is 3. The topological polar surface area (TPSA) is 46.2 Å². The summed E-state index contributed by atoms with van der Waals surface area (Å²) in [6, 6.07) is 7.46. The number of benzene rings is 1. The van der Waals surface area contributed by atoms with Crippen LogP contribution in [0.2, 0.25) is 0 Å². The van der Waals surface area contributed by atoms with Gasteiger partial charge in [0.1, 0.15) is 5.54 Å². The van der Waals surface area contributed by atoms with Gasteiger partial charge in [0.2, 0.25) is 0 Å². The zero-order chi connectivity index (χ0) is 12.8. The summed E-state index contributed by atoms with van der Waals surface area (Å²) >= 11 is 5.66. The molecule has 1 N–H and O–H groups in total. The minimum absolute atomic E-state index is 0.0161. The quantitative estimate of drug-likeness (QED) is 0.835. The van der Waals surface area contributed by atoms with Crippen molar-refractivity contribution in [3.8, 4) is 0 Å². The van der Waals surface area contributed by atoms with Crippen LogP contribution < -0.4 is 5.32 Å². The third kappa shape index (κ3) is 1.43. The van der Waals surface area contributed by atoms with E-state index < -0.39 is 5.54 Å². The number of halogens is 1. The monoisotopic (exact) mass is 263 g/mol. The van der Waals surface area contributed by atoms with E-state index in [0.717, 1.165) is 18.5 Å². The number of para-hydroxylation sites is 1. The zero-order valence-corrected chi connectivity index (χ0v) is 10.7. The highest BCUT2D eigenvalue weighted by molar-refractivity contribution is 6.29. The molecule has 2 unspecified atom stereocenters. The summed E-state index contributed by atoms with van der Waals surface area (Å²) in [4.78, 5) is 24.5. The number of ketones is 2. The number of anilines is 1. The van der Waals surface area contributed by atoms with Gasteiger partial charge in [-0.3, -0.25) is 9.59 Å². The van der Waals surface area contributed by atoms with Crippen LogP contribution in [0.5, 0.6) is 0 Å². The third-order valence-electron chi connectivity index (χ3n) is 4.11. The van der Waals surface area contributed by atoms with Crippen molar-refractivity contribution < 1.29 is 9.59 Å². The van der Waals surface area contributed by atoms with Crippen LogP contribution in [0, 0.1) is 5.92 Å². The van der Waals surface area contributed by atoms with Gasteiger partial charge >= 0.3 is 0 Å². The molecule has 1 spiro atoms. The molecule has 2 atom stereocenters. The van der Waals surface area contributed by atoms with Crippen LogP contribution in [0.4, 0.5) is 5.69 Å². The molecular weight excluding hydrogens is 250 g/mol. The van der Waals surface area contributed by atoms with Crippen LogP contribution in [0.25, 0.3) is 0 Å². The Hall–Kier alpha value is -1.35. The molecule has 0 saturated heterocycles. The third-order valence-corrected chi connectivity index (χ3v) is 4.38. The summed E-state index contributed by atoms with van der Waals surface area (Å²) in [5.41, 5.74) is 0.818. The lowest BCUT2D eigenvalue weighted by atomic mass is 9.81. The number of nitrogens with one attached hydrogen (secondary N) is 1. The maximum Gasteiger partial charge on any atom is 0.190 e. The zero-order valence-electron chi connectivity index (χ0n) is 9.91. The van der Waals surface area contributed by atoms with Crippen molar-refractivity contribution in [3.05, 3.63) is 29.8 Å². The van der Waals surface area contributed by atoms with Gasteiger partial charge in [0.05, 0.1) is 5.88 Å². The van der Waals surface area contributed by atoms with Gasteiger partial charge < -0.3 is 5.32 Å². The highest BCUT2D eigenvalue weighted by Gasteiger charge is 2.55. The summed E-state index contributed by atoms with van der Waals surface area (Å²) in [7, 11) is 0. The first-order valence-corrected chi connectivity index (χ1v) is 6.73. The molecule has 0 aromatic heterocycles. The Morgan fingerprint density at radius 3 is 2.94 bits per heavy atom. The van der Waals surface area contributed by atoms with Gasteiger partial charge in [-0.1, -0.05) is 12.1 Å². The Kier molecular flexibility index (Phi) is 2.67. The summed E-state index contributed by atoms with van der Waals surface area (Å²) in [5.74, 6) is -0.269. The second kappa shape index (κ2) is 4.09. The Morgan fingerprint density at radius 2 is 2.22 bits per heavy atom. The molecule has 1 aliphatic carbocycles. The molecule has 1 saturated carbocycles. The Balaban J connectivity index is 2.03. The Bertz CT molecular complexity index is 528. The smallest absolute Gasteiger partial charge is 0.190 e. The minimum atomic E-state index is -0.727. The van der Waals surface area contributed by atoms with Crippen molar-refractivity contribution in [3.63, 3.8) is 0 Å². The Morgan fingerprint density at radius 1 is 1.44 bits per heavy atom. The van der Waals surface area contributed by atoms with E-state index in [9.17, 15) is 9.59 Å². The molecule has 1 heterocycles. The SMILES string of the molecule is O=C(CCl)C1CCCC12Nc1ccccc1C2=O. The minimum Gasteiger partial charge on any atom is -0.371 e. The maximum atomic E-state index is 12.6. The van der Waals surface area contributed by atoms with E-state index in [1.54, 1.807) is 0 Å². The lowest BCUT2D eigenvalue weighted by Crippen LogP contribution is -2.48. The van der Waals surface area contributed by atoms with Crippen LogP contribution in [0.15, 0.2) is 24.3 Å². The van der Waals surface area contributed by atoms with Crippen LogP contribution in [-0.4, -0.2) is 23.0 Å². The van der Waals surface area contributed by atoms with Crippen molar-refractivity contribution in [1.82, 2.24) is 0 Å². The molecule has 1 aromatic rings. The van der Waals surface area contributed by atoms with Crippen molar-refractivity contribution in [2.75, 3.05) is 11.2 Å². The van der Waals surface area contributed by atoms with Gasteiger partial charge in [0.25, 0.3) is 0 Å². The molecule has 3 nitrogen and oxygen atoms in total. The van der Waals surface area contributed by atoms with Gasteiger partial charge in [-0.05, 0) is 31.4 Å². The first-order chi connectivity index (χ1) is 8.69. The highest BCUT2D eigenvalue weighted by atomic mass is 35.5. The van der Waals surface area contributed by atoms with Crippen molar-refractivity contribution in [2.45, 2.75) is 24.8 Å². The van der Waals surface area contributed by atoms with E-state index in [2.05, 4.69) is 5.32 Å². The summed E-state index contributed by atoms with van der Waals surface area (Å²) in [5, 5.41) is 3.30. The average molecular weight is 264 g/mol. The van der Waals surface area contributed by atoms with Crippen molar-refractivity contribution in [1.29, 1.82) is 0 Å². The van der Waals surface area contributed by atoms with Gasteiger partial charge in [-0.2, -0.15) is 0 Å². The molecule has 1 fully saturated rings. The summed E-state index contributed by atoms with van der Waals surface area (Å²) in [6.45, 7) is 0. The van der Waals surface area contributed by atoms with Crippen molar-refractivity contribution >= 4 is 28.9 Å². The fourth-order valence-electron chi connectivity index (χ4n) is 3.28. The Labute approximate surface area is 111 Å². The van der Waals surface area contributed by atoms with E-state index in [1.165, 1.54) is 0 Å². The van der Waals surface area contributed by atoms with Gasteiger partial charge in [0.15, 0.2) is 11.6 Å². The van der Waals surface area contributed by atoms with Crippen LogP contribution in [0.1, 0.15) is 29.6 Å². The molecule has 0 amide bonds. The fraction of sp³-hybridized carbons (Fsp3) is 0.429. The van der Waals surface area contributed by atoms with Crippen molar-refractivity contribution in [2.24, 2.45) is 5.92 Å². The van der Waals surface area contributed by atoms with Crippen LogP contribution in [0.3, 0.4) is 0 Å². The lowest BCUT2D eigenvalue weighted by Gasteiger charge is -2.29. The molecule has 4 heteroatoms. The molecule has 0 radical (unpaired) electrons. The fourth-order valence-corrected chi connectivity index (χ4v) is 3.47. The number of fused-ring (bicyclic) bond motifs is 1. The summed E-state index contributed by atoms with van der Waals surface area (Å²) in [6.07, 6.45) is 2.35. The molecule has 18 heavy (non-hydrogen) atoms. The predicted octanol–water partition coefficient (Wildman–Crippen LogP) is 2.64. The molecule has 1 aromatic carbocycles. The van der Waals surface area contributed by atoms with Crippen LogP contribution >= 0.6 is 11.6 Å². The molecular formula is C14H14ClNO2. The van der Waals surface area contributed by atoms with E-state index in [1.807, 2.05) is 24.3 Å². The highest BCUT2D eigenvalue weighted by Crippen LogP contribution is 2.46. The molecule has 1 aliphatic heterocycles. The second-order valence-electron chi connectivity index (χ2n) is 5.02. The number of carbonyl (C=O) groups excluding carboxylic acids is 2. The van der Waals surface area contributed by atoms with Gasteiger partial charge in [-0.15, -0.1) is 11.6 Å². The molecule has 3 rings (SSSR count). The number of hydrogen-bond donors (Lipinski definition) is 1. The number of alkyl halides is 1. The van der Waals surface area contributed by atoms with Gasteiger partial charge in [-0.25, -0.2) is 0 Å². The van der Waals surface area contributed by atoms with Gasteiger partial charge in [0, 0.05) is 17.2 Å². The number of carbonyl (C=O) groups is 2. The standard InChI is InChI=1S/C14H14ClNO2/c15-8-12(17)10-5-3-7-14(10)13(18)9-4-1-2-6-11(9)16-14/h1-2,4,6,10,16H,3,5,7-8H2.